The number of halogens is 1. The van der Waals surface area contributed by atoms with Crippen molar-refractivity contribution in [2.75, 3.05) is 18.0 Å². The van der Waals surface area contributed by atoms with Gasteiger partial charge in [-0.1, -0.05) is 28.8 Å². The molecule has 2 nitrogen and oxygen atoms in total. The van der Waals surface area contributed by atoms with Crippen LogP contribution in [0.4, 0.5) is 5.82 Å². The van der Waals surface area contributed by atoms with Crippen LogP contribution < -0.4 is 4.90 Å². The average molecular weight is 267 g/mol. The van der Waals surface area contributed by atoms with Gasteiger partial charge in [-0.2, -0.15) is 0 Å². The number of anilines is 1. The monoisotopic (exact) mass is 266 g/mol. The van der Waals surface area contributed by atoms with Gasteiger partial charge in [0, 0.05) is 29.2 Å². The Morgan fingerprint density at radius 1 is 1.27 bits per heavy atom. The second kappa shape index (κ2) is 3.48. The fraction of sp³-hybridized carbons (Fsp3) is 0.583. The predicted molar refractivity (Wildman–Crippen MR) is 65.1 cm³/mol. The zero-order chi connectivity index (χ0) is 10.3. The van der Waals surface area contributed by atoms with Crippen LogP contribution in [-0.2, 0) is 0 Å². The third-order valence-electron chi connectivity index (χ3n) is 3.75. The van der Waals surface area contributed by atoms with E-state index in [1.807, 2.05) is 12.3 Å². The average Bonchev–Trinajstić information content (AvgIpc) is 2.64. The van der Waals surface area contributed by atoms with E-state index in [2.05, 4.69) is 31.9 Å². The summed E-state index contributed by atoms with van der Waals surface area (Å²) in [6.07, 6.45) is 7.59. The second-order valence-electron chi connectivity index (χ2n) is 4.90. The molecule has 0 bridgehead atoms. The zero-order valence-electron chi connectivity index (χ0n) is 8.75. The van der Waals surface area contributed by atoms with E-state index in [1.165, 1.54) is 38.8 Å². The van der Waals surface area contributed by atoms with Crippen molar-refractivity contribution in [1.29, 1.82) is 0 Å². The molecule has 1 aromatic heterocycles. The van der Waals surface area contributed by atoms with Crippen LogP contribution in [0.3, 0.4) is 0 Å². The summed E-state index contributed by atoms with van der Waals surface area (Å²) in [7, 11) is 0. The largest absolute Gasteiger partial charge is 0.355 e. The van der Waals surface area contributed by atoms with E-state index >= 15 is 0 Å². The van der Waals surface area contributed by atoms with Gasteiger partial charge < -0.3 is 4.90 Å². The second-order valence-corrected chi connectivity index (χ2v) is 5.81. The fourth-order valence-electron chi connectivity index (χ4n) is 2.93. The van der Waals surface area contributed by atoms with E-state index in [0.717, 1.165) is 10.3 Å². The molecule has 1 saturated heterocycles. The molecule has 0 radical (unpaired) electrons. The van der Waals surface area contributed by atoms with Crippen LogP contribution in [-0.4, -0.2) is 18.1 Å². The molecule has 1 aliphatic heterocycles. The number of rotatable bonds is 1. The maximum atomic E-state index is 4.41. The van der Waals surface area contributed by atoms with Crippen molar-refractivity contribution in [3.05, 3.63) is 22.8 Å². The maximum Gasteiger partial charge on any atom is 0.129 e. The molecule has 15 heavy (non-hydrogen) atoms. The van der Waals surface area contributed by atoms with Gasteiger partial charge in [0.05, 0.1) is 0 Å². The van der Waals surface area contributed by atoms with E-state index in [0.29, 0.717) is 5.41 Å². The van der Waals surface area contributed by atoms with Gasteiger partial charge in [0.25, 0.3) is 0 Å². The normalized spacial score (nSPS) is 23.1. The summed E-state index contributed by atoms with van der Waals surface area (Å²) in [6.45, 7) is 2.44. The van der Waals surface area contributed by atoms with E-state index in [1.54, 1.807) is 0 Å². The van der Waals surface area contributed by atoms with Crippen LogP contribution in [0.2, 0.25) is 0 Å². The Morgan fingerprint density at radius 3 is 2.67 bits per heavy atom. The molecule has 3 heteroatoms. The lowest BCUT2D eigenvalue weighted by molar-refractivity contribution is 0.220. The highest BCUT2D eigenvalue weighted by molar-refractivity contribution is 9.10. The summed E-state index contributed by atoms with van der Waals surface area (Å²) in [5, 5.41) is 0. The molecule has 1 aliphatic carbocycles. The van der Waals surface area contributed by atoms with Gasteiger partial charge in [0.1, 0.15) is 5.82 Å². The number of hydrogen-bond acceptors (Lipinski definition) is 2. The van der Waals surface area contributed by atoms with Crippen LogP contribution in [0.1, 0.15) is 25.7 Å². The number of nitrogens with zero attached hydrogens (tertiary/aromatic N) is 2. The third kappa shape index (κ3) is 1.67. The number of hydrogen-bond donors (Lipinski definition) is 0. The van der Waals surface area contributed by atoms with Gasteiger partial charge in [0.15, 0.2) is 0 Å². The Morgan fingerprint density at radius 2 is 2.00 bits per heavy atom. The fourth-order valence-corrected chi connectivity index (χ4v) is 3.26. The lowest BCUT2D eigenvalue weighted by atomic mass is 9.78. The van der Waals surface area contributed by atoms with Crippen molar-refractivity contribution in [2.24, 2.45) is 5.41 Å². The molecular weight excluding hydrogens is 252 g/mol. The SMILES string of the molecule is Brc1ccnc(N2CC3(CCCC3)C2)c1. The summed E-state index contributed by atoms with van der Waals surface area (Å²) in [5.41, 5.74) is 0.657. The van der Waals surface area contributed by atoms with Gasteiger partial charge in [-0.05, 0) is 25.0 Å². The van der Waals surface area contributed by atoms with Crippen molar-refractivity contribution in [1.82, 2.24) is 4.98 Å². The van der Waals surface area contributed by atoms with E-state index < -0.39 is 0 Å². The first-order valence-corrected chi connectivity index (χ1v) is 6.43. The third-order valence-corrected chi connectivity index (χ3v) is 4.24. The predicted octanol–water partition coefficient (Wildman–Crippen LogP) is 3.22. The Balaban J connectivity index is 1.72. The Bertz CT molecular complexity index is 364. The van der Waals surface area contributed by atoms with Crippen LogP contribution >= 0.6 is 15.9 Å². The van der Waals surface area contributed by atoms with Gasteiger partial charge in [-0.3, -0.25) is 0 Å². The highest BCUT2D eigenvalue weighted by atomic mass is 79.9. The minimum absolute atomic E-state index is 0.657. The molecule has 1 saturated carbocycles. The first-order valence-electron chi connectivity index (χ1n) is 5.64. The standard InChI is InChI=1S/C12H15BrN2/c13-10-3-6-14-11(7-10)15-8-12(9-15)4-1-2-5-12/h3,6-7H,1-2,4-5,8-9H2. The molecule has 80 valence electrons. The van der Waals surface area contributed by atoms with Gasteiger partial charge in [-0.15, -0.1) is 0 Å². The van der Waals surface area contributed by atoms with Crippen LogP contribution in [0.15, 0.2) is 22.8 Å². The summed E-state index contributed by atoms with van der Waals surface area (Å²) >= 11 is 3.49. The van der Waals surface area contributed by atoms with Crippen LogP contribution in [0.25, 0.3) is 0 Å². The van der Waals surface area contributed by atoms with Gasteiger partial charge >= 0.3 is 0 Å². The first-order chi connectivity index (χ1) is 7.27. The van der Waals surface area contributed by atoms with E-state index in [-0.39, 0.29) is 0 Å². The van der Waals surface area contributed by atoms with Gasteiger partial charge in [-0.25, -0.2) is 4.98 Å². The molecular formula is C12H15BrN2. The summed E-state index contributed by atoms with van der Waals surface area (Å²) in [6, 6.07) is 4.09. The molecule has 3 rings (SSSR count). The Kier molecular flexibility index (Phi) is 2.23. The Labute approximate surface area is 98.8 Å². The molecule has 0 unspecified atom stereocenters. The highest BCUT2D eigenvalue weighted by Crippen LogP contribution is 2.46. The van der Waals surface area contributed by atoms with E-state index in [4.69, 9.17) is 0 Å². The molecule has 0 amide bonds. The Hall–Kier alpha value is -0.570. The topological polar surface area (TPSA) is 16.1 Å². The molecule has 0 N–H and O–H groups in total. The lowest BCUT2D eigenvalue weighted by Gasteiger charge is -2.49. The minimum Gasteiger partial charge on any atom is -0.355 e. The quantitative estimate of drug-likeness (QED) is 0.776. The molecule has 2 fully saturated rings. The van der Waals surface area contributed by atoms with Crippen molar-refractivity contribution in [3.8, 4) is 0 Å². The van der Waals surface area contributed by atoms with Crippen molar-refractivity contribution >= 4 is 21.7 Å². The van der Waals surface area contributed by atoms with Crippen molar-refractivity contribution in [2.45, 2.75) is 25.7 Å². The maximum absolute atomic E-state index is 4.41. The molecule has 0 atom stereocenters. The van der Waals surface area contributed by atoms with Gasteiger partial charge in [0.2, 0.25) is 0 Å². The van der Waals surface area contributed by atoms with Crippen LogP contribution in [0, 0.1) is 5.41 Å². The molecule has 1 aromatic rings. The summed E-state index contributed by atoms with van der Waals surface area (Å²) in [5.74, 6) is 1.13. The zero-order valence-corrected chi connectivity index (χ0v) is 10.3. The lowest BCUT2D eigenvalue weighted by Crippen LogP contribution is -2.55. The minimum atomic E-state index is 0.657. The smallest absolute Gasteiger partial charge is 0.129 e. The van der Waals surface area contributed by atoms with Crippen molar-refractivity contribution < 1.29 is 0 Å². The molecule has 1 spiro atoms. The molecule has 0 aromatic carbocycles. The summed E-state index contributed by atoms with van der Waals surface area (Å²) in [4.78, 5) is 6.81. The highest BCUT2D eigenvalue weighted by Gasteiger charge is 2.44. The van der Waals surface area contributed by atoms with Crippen molar-refractivity contribution in [3.63, 3.8) is 0 Å². The number of pyridine rings is 1. The van der Waals surface area contributed by atoms with E-state index in [9.17, 15) is 0 Å². The number of aromatic nitrogens is 1. The van der Waals surface area contributed by atoms with Crippen LogP contribution in [0.5, 0.6) is 0 Å². The first kappa shape index (κ1) is 9.64. The molecule has 2 aliphatic rings. The molecule has 2 heterocycles. The summed E-state index contributed by atoms with van der Waals surface area (Å²) < 4.78 is 1.12.